The Hall–Kier alpha value is -2.08. The van der Waals surface area contributed by atoms with Crippen molar-refractivity contribution < 1.29 is 4.79 Å². The van der Waals surface area contributed by atoms with Crippen LogP contribution >= 0.6 is 11.8 Å². The molecule has 2 aromatic rings. The van der Waals surface area contributed by atoms with E-state index in [0.717, 1.165) is 36.3 Å². The Bertz CT molecular complexity index is 732. The number of carbonyl (C=O) groups excluding carboxylic acids is 1. The quantitative estimate of drug-likeness (QED) is 0.684. The lowest BCUT2D eigenvalue weighted by atomic mass is 9.99. The SMILES string of the molecule is CSc1nc(N)cc(-c2ccc(C(=O)N3CCCC(C)C3)cc2)n1. The minimum Gasteiger partial charge on any atom is -0.384 e. The average Bonchev–Trinajstić information content (AvgIpc) is 2.60. The van der Waals surface area contributed by atoms with Gasteiger partial charge in [0.15, 0.2) is 5.16 Å². The predicted molar refractivity (Wildman–Crippen MR) is 98.0 cm³/mol. The van der Waals surface area contributed by atoms with E-state index in [1.165, 1.54) is 18.2 Å². The van der Waals surface area contributed by atoms with Crippen LogP contribution in [0.4, 0.5) is 5.82 Å². The summed E-state index contributed by atoms with van der Waals surface area (Å²) < 4.78 is 0. The molecule has 1 amide bonds. The lowest BCUT2D eigenvalue weighted by molar-refractivity contribution is 0.0683. The highest BCUT2D eigenvalue weighted by Crippen LogP contribution is 2.23. The summed E-state index contributed by atoms with van der Waals surface area (Å²) in [5, 5.41) is 0.646. The Morgan fingerprint density at radius 1 is 1.29 bits per heavy atom. The van der Waals surface area contributed by atoms with Crippen LogP contribution in [0.15, 0.2) is 35.5 Å². The van der Waals surface area contributed by atoms with E-state index in [1.807, 2.05) is 35.4 Å². The molecule has 0 aliphatic carbocycles. The van der Waals surface area contributed by atoms with Crippen LogP contribution in [-0.2, 0) is 0 Å². The number of nitrogen functional groups attached to an aromatic ring is 1. The van der Waals surface area contributed by atoms with Gasteiger partial charge in [-0.2, -0.15) is 0 Å². The highest BCUT2D eigenvalue weighted by Gasteiger charge is 2.22. The number of nitrogens with two attached hydrogens (primary N) is 1. The second kappa shape index (κ2) is 7.21. The van der Waals surface area contributed by atoms with E-state index >= 15 is 0 Å². The van der Waals surface area contributed by atoms with E-state index in [-0.39, 0.29) is 5.91 Å². The molecule has 5 nitrogen and oxygen atoms in total. The summed E-state index contributed by atoms with van der Waals surface area (Å²) in [6.07, 6.45) is 4.21. The normalized spacial score (nSPS) is 17.8. The van der Waals surface area contributed by atoms with Crippen LogP contribution in [0.5, 0.6) is 0 Å². The van der Waals surface area contributed by atoms with Crippen molar-refractivity contribution in [3.05, 3.63) is 35.9 Å². The average molecular weight is 342 g/mol. The Morgan fingerprint density at radius 2 is 2.04 bits per heavy atom. The maximum atomic E-state index is 12.6. The van der Waals surface area contributed by atoms with Gasteiger partial charge in [-0.1, -0.05) is 30.8 Å². The van der Waals surface area contributed by atoms with Gasteiger partial charge < -0.3 is 10.6 Å². The van der Waals surface area contributed by atoms with Crippen LogP contribution in [0.2, 0.25) is 0 Å². The number of hydrogen-bond acceptors (Lipinski definition) is 5. The molecule has 6 heteroatoms. The zero-order valence-corrected chi connectivity index (χ0v) is 14.8. The first-order chi connectivity index (χ1) is 11.6. The second-order valence-corrected chi connectivity index (χ2v) is 7.01. The minimum absolute atomic E-state index is 0.111. The van der Waals surface area contributed by atoms with Gasteiger partial charge in [-0.05, 0) is 37.1 Å². The van der Waals surface area contributed by atoms with Crippen LogP contribution < -0.4 is 5.73 Å². The van der Waals surface area contributed by atoms with Crippen LogP contribution in [0.1, 0.15) is 30.1 Å². The molecule has 1 atom stereocenters. The maximum Gasteiger partial charge on any atom is 0.253 e. The van der Waals surface area contributed by atoms with Gasteiger partial charge in [0.2, 0.25) is 0 Å². The van der Waals surface area contributed by atoms with E-state index in [1.54, 1.807) is 6.07 Å². The largest absolute Gasteiger partial charge is 0.384 e. The molecule has 3 rings (SSSR count). The first kappa shape index (κ1) is 16.8. The zero-order valence-electron chi connectivity index (χ0n) is 14.0. The highest BCUT2D eigenvalue weighted by atomic mass is 32.2. The van der Waals surface area contributed by atoms with Crippen molar-refractivity contribution in [3.8, 4) is 11.3 Å². The predicted octanol–water partition coefficient (Wildman–Crippen LogP) is 3.32. The van der Waals surface area contributed by atoms with Crippen LogP contribution in [0, 0.1) is 5.92 Å². The van der Waals surface area contributed by atoms with Gasteiger partial charge in [-0.25, -0.2) is 9.97 Å². The molecule has 1 aliphatic rings. The Labute approximate surface area is 146 Å². The van der Waals surface area contributed by atoms with Crippen LogP contribution in [0.3, 0.4) is 0 Å². The fourth-order valence-electron chi connectivity index (χ4n) is 3.02. The topological polar surface area (TPSA) is 72.1 Å². The molecule has 0 bridgehead atoms. The number of hydrogen-bond donors (Lipinski definition) is 1. The molecule has 1 saturated heterocycles. The molecule has 126 valence electrons. The number of rotatable bonds is 3. The molecule has 1 aromatic heterocycles. The van der Waals surface area contributed by atoms with Crippen molar-refractivity contribution in [1.29, 1.82) is 0 Å². The zero-order chi connectivity index (χ0) is 17.1. The molecule has 1 aliphatic heterocycles. The van der Waals surface area contributed by atoms with Crippen molar-refractivity contribution in [1.82, 2.24) is 14.9 Å². The third kappa shape index (κ3) is 3.70. The molecular weight excluding hydrogens is 320 g/mol. The van der Waals surface area contributed by atoms with Crippen molar-refractivity contribution >= 4 is 23.5 Å². The number of anilines is 1. The summed E-state index contributed by atoms with van der Waals surface area (Å²) in [4.78, 5) is 23.2. The number of aromatic nitrogens is 2. The lowest BCUT2D eigenvalue weighted by Gasteiger charge is -2.31. The highest BCUT2D eigenvalue weighted by molar-refractivity contribution is 7.98. The summed E-state index contributed by atoms with van der Waals surface area (Å²) in [5.41, 5.74) is 8.27. The molecule has 2 heterocycles. The van der Waals surface area contributed by atoms with Gasteiger partial charge in [-0.15, -0.1) is 0 Å². The van der Waals surface area contributed by atoms with Crippen molar-refractivity contribution in [2.75, 3.05) is 25.1 Å². The van der Waals surface area contributed by atoms with Gasteiger partial charge in [-0.3, -0.25) is 4.79 Å². The van der Waals surface area contributed by atoms with Crippen molar-refractivity contribution in [3.63, 3.8) is 0 Å². The number of likely N-dealkylation sites (tertiary alicyclic amines) is 1. The van der Waals surface area contributed by atoms with Gasteiger partial charge in [0, 0.05) is 30.3 Å². The fourth-order valence-corrected chi connectivity index (χ4v) is 3.41. The van der Waals surface area contributed by atoms with E-state index in [4.69, 9.17) is 5.73 Å². The molecule has 24 heavy (non-hydrogen) atoms. The Kier molecular flexibility index (Phi) is 5.04. The molecule has 0 spiro atoms. The lowest BCUT2D eigenvalue weighted by Crippen LogP contribution is -2.39. The molecule has 1 unspecified atom stereocenters. The van der Waals surface area contributed by atoms with E-state index in [2.05, 4.69) is 16.9 Å². The molecule has 0 radical (unpaired) electrons. The molecule has 2 N–H and O–H groups in total. The first-order valence-corrected chi connectivity index (χ1v) is 9.37. The number of nitrogens with zero attached hydrogens (tertiary/aromatic N) is 3. The Balaban J connectivity index is 1.80. The van der Waals surface area contributed by atoms with E-state index < -0.39 is 0 Å². The summed E-state index contributed by atoms with van der Waals surface area (Å²) in [7, 11) is 0. The Morgan fingerprint density at radius 3 is 2.71 bits per heavy atom. The molecule has 0 saturated carbocycles. The van der Waals surface area contributed by atoms with Crippen molar-refractivity contribution in [2.45, 2.75) is 24.9 Å². The second-order valence-electron chi connectivity index (χ2n) is 6.24. The first-order valence-electron chi connectivity index (χ1n) is 8.15. The third-order valence-corrected chi connectivity index (χ3v) is 4.83. The smallest absolute Gasteiger partial charge is 0.253 e. The van der Waals surface area contributed by atoms with Crippen molar-refractivity contribution in [2.24, 2.45) is 5.92 Å². The third-order valence-electron chi connectivity index (χ3n) is 4.28. The standard InChI is InChI=1S/C18H22N4OS/c1-12-4-3-9-22(11-12)17(23)14-7-5-13(6-8-14)15-10-16(19)21-18(20-15)24-2/h5-8,10,12H,3-4,9,11H2,1-2H3,(H2,19,20,21). The number of carbonyl (C=O) groups is 1. The summed E-state index contributed by atoms with van der Waals surface area (Å²) in [6.45, 7) is 3.90. The monoisotopic (exact) mass is 342 g/mol. The number of piperidine rings is 1. The van der Waals surface area contributed by atoms with E-state index in [0.29, 0.717) is 16.9 Å². The number of benzene rings is 1. The molecular formula is C18H22N4OS. The molecule has 1 aromatic carbocycles. The van der Waals surface area contributed by atoms with Gasteiger partial charge in [0.05, 0.1) is 5.69 Å². The maximum absolute atomic E-state index is 12.6. The summed E-state index contributed by atoms with van der Waals surface area (Å²) in [5.74, 6) is 1.14. The van der Waals surface area contributed by atoms with Gasteiger partial charge in [0.1, 0.15) is 5.82 Å². The fraction of sp³-hybridized carbons (Fsp3) is 0.389. The van der Waals surface area contributed by atoms with Gasteiger partial charge >= 0.3 is 0 Å². The molecule has 1 fully saturated rings. The summed E-state index contributed by atoms with van der Waals surface area (Å²) >= 11 is 1.46. The van der Waals surface area contributed by atoms with E-state index in [9.17, 15) is 4.79 Å². The number of thioether (sulfide) groups is 1. The number of amides is 1. The van der Waals surface area contributed by atoms with Gasteiger partial charge in [0.25, 0.3) is 5.91 Å². The minimum atomic E-state index is 0.111. The summed E-state index contributed by atoms with van der Waals surface area (Å²) in [6, 6.07) is 9.34. The van der Waals surface area contributed by atoms with Crippen LogP contribution in [-0.4, -0.2) is 40.1 Å². The van der Waals surface area contributed by atoms with Crippen LogP contribution in [0.25, 0.3) is 11.3 Å².